The van der Waals surface area contributed by atoms with Crippen LogP contribution in [0.25, 0.3) is 0 Å². The fourth-order valence-corrected chi connectivity index (χ4v) is 2.13. The third-order valence-electron chi connectivity index (χ3n) is 3.21. The van der Waals surface area contributed by atoms with Crippen molar-refractivity contribution in [3.05, 3.63) is 0 Å². The summed E-state index contributed by atoms with van der Waals surface area (Å²) >= 11 is 0. The van der Waals surface area contributed by atoms with Gasteiger partial charge in [0.1, 0.15) is 0 Å². The normalized spacial score (nSPS) is 34.2. The Hall–Kier alpha value is -0.0800. The second kappa shape index (κ2) is 3.35. The van der Waals surface area contributed by atoms with Crippen LogP contribution in [0.5, 0.6) is 0 Å². The molecule has 1 saturated carbocycles. The first-order chi connectivity index (χ1) is 5.79. The molecule has 2 nitrogen and oxygen atoms in total. The van der Waals surface area contributed by atoms with E-state index >= 15 is 0 Å². The van der Waals surface area contributed by atoms with E-state index in [1.165, 1.54) is 51.5 Å². The van der Waals surface area contributed by atoms with Crippen molar-refractivity contribution in [3.8, 4) is 0 Å². The highest BCUT2D eigenvalue weighted by Gasteiger charge is 2.39. The number of hydrogen-bond acceptors (Lipinski definition) is 2. The van der Waals surface area contributed by atoms with E-state index in [1.54, 1.807) is 0 Å². The molecule has 12 heavy (non-hydrogen) atoms. The minimum Gasteiger partial charge on any atom is -0.325 e. The van der Waals surface area contributed by atoms with E-state index in [4.69, 9.17) is 5.73 Å². The van der Waals surface area contributed by atoms with Gasteiger partial charge in [-0.25, -0.2) is 0 Å². The van der Waals surface area contributed by atoms with Gasteiger partial charge in [-0.3, -0.25) is 0 Å². The average Bonchev–Trinajstić information content (AvgIpc) is 2.78. The number of hydrogen-bond donors (Lipinski definition) is 2. The minimum absolute atomic E-state index is 0.238. The number of rotatable bonds is 2. The van der Waals surface area contributed by atoms with E-state index in [0.717, 1.165) is 6.04 Å². The highest BCUT2D eigenvalue weighted by Crippen LogP contribution is 2.37. The van der Waals surface area contributed by atoms with Gasteiger partial charge in [0, 0.05) is 11.6 Å². The Balaban J connectivity index is 1.77. The van der Waals surface area contributed by atoms with E-state index < -0.39 is 0 Å². The first kappa shape index (κ1) is 8.52. The first-order valence-electron chi connectivity index (χ1n) is 5.31. The van der Waals surface area contributed by atoms with Crippen LogP contribution in [0.3, 0.4) is 0 Å². The monoisotopic (exact) mass is 168 g/mol. The predicted octanol–water partition coefficient (Wildman–Crippen LogP) is 1.40. The first-order valence-corrected chi connectivity index (χ1v) is 5.31. The molecule has 1 unspecified atom stereocenters. The van der Waals surface area contributed by atoms with E-state index in [9.17, 15) is 0 Å². The summed E-state index contributed by atoms with van der Waals surface area (Å²) in [6.07, 6.45) is 9.23. The molecule has 3 N–H and O–H groups in total. The SMILES string of the molecule is NC1(CC2CCCCCN2)CC1. The van der Waals surface area contributed by atoms with Crippen molar-refractivity contribution < 1.29 is 0 Å². The molecule has 0 amide bonds. The van der Waals surface area contributed by atoms with Gasteiger partial charge in [-0.05, 0) is 38.6 Å². The standard InChI is InChI=1S/C10H20N2/c11-10(5-6-10)8-9-4-2-1-3-7-12-9/h9,12H,1-8,11H2. The Kier molecular flexibility index (Phi) is 2.37. The van der Waals surface area contributed by atoms with Crippen LogP contribution in [-0.4, -0.2) is 18.1 Å². The quantitative estimate of drug-likeness (QED) is 0.654. The summed E-state index contributed by atoms with van der Waals surface area (Å²) in [4.78, 5) is 0. The summed E-state index contributed by atoms with van der Waals surface area (Å²) < 4.78 is 0. The van der Waals surface area contributed by atoms with Gasteiger partial charge in [0.05, 0.1) is 0 Å². The molecule has 1 heterocycles. The van der Waals surface area contributed by atoms with Gasteiger partial charge >= 0.3 is 0 Å². The van der Waals surface area contributed by atoms with Gasteiger partial charge < -0.3 is 11.1 Å². The van der Waals surface area contributed by atoms with Crippen LogP contribution in [0.15, 0.2) is 0 Å². The summed E-state index contributed by atoms with van der Waals surface area (Å²) in [5, 5.41) is 3.60. The Morgan fingerprint density at radius 1 is 1.25 bits per heavy atom. The van der Waals surface area contributed by atoms with Crippen LogP contribution in [-0.2, 0) is 0 Å². The highest BCUT2D eigenvalue weighted by atomic mass is 14.9. The molecule has 2 fully saturated rings. The van der Waals surface area contributed by atoms with E-state index in [-0.39, 0.29) is 5.54 Å². The Labute approximate surface area is 74.9 Å². The zero-order chi connectivity index (χ0) is 8.44. The number of nitrogens with two attached hydrogens (primary N) is 1. The van der Waals surface area contributed by atoms with Crippen molar-refractivity contribution in [2.75, 3.05) is 6.54 Å². The summed E-state index contributed by atoms with van der Waals surface area (Å²) in [5.74, 6) is 0. The van der Waals surface area contributed by atoms with Crippen molar-refractivity contribution >= 4 is 0 Å². The van der Waals surface area contributed by atoms with E-state index in [1.807, 2.05) is 0 Å². The van der Waals surface area contributed by atoms with Gasteiger partial charge in [-0.1, -0.05) is 12.8 Å². The lowest BCUT2D eigenvalue weighted by atomic mass is 10.0. The van der Waals surface area contributed by atoms with Crippen LogP contribution in [0.4, 0.5) is 0 Å². The second-order valence-electron chi connectivity index (χ2n) is 4.57. The van der Waals surface area contributed by atoms with Gasteiger partial charge in [0.2, 0.25) is 0 Å². The maximum Gasteiger partial charge on any atom is 0.0170 e. The maximum absolute atomic E-state index is 6.09. The summed E-state index contributed by atoms with van der Waals surface area (Å²) in [5.41, 5.74) is 6.33. The topological polar surface area (TPSA) is 38.0 Å². The van der Waals surface area contributed by atoms with Crippen molar-refractivity contribution in [2.45, 2.75) is 56.5 Å². The van der Waals surface area contributed by atoms with Gasteiger partial charge in [-0.2, -0.15) is 0 Å². The van der Waals surface area contributed by atoms with Crippen molar-refractivity contribution in [1.29, 1.82) is 0 Å². The lowest BCUT2D eigenvalue weighted by Gasteiger charge is -2.19. The van der Waals surface area contributed by atoms with Crippen LogP contribution in [0.2, 0.25) is 0 Å². The van der Waals surface area contributed by atoms with Crippen LogP contribution < -0.4 is 11.1 Å². The molecule has 0 radical (unpaired) electrons. The summed E-state index contributed by atoms with van der Waals surface area (Å²) in [6, 6.07) is 0.722. The zero-order valence-corrected chi connectivity index (χ0v) is 7.81. The molecule has 2 rings (SSSR count). The van der Waals surface area contributed by atoms with Crippen LogP contribution >= 0.6 is 0 Å². The summed E-state index contributed by atoms with van der Waals surface area (Å²) in [7, 11) is 0. The predicted molar refractivity (Wildman–Crippen MR) is 51.0 cm³/mol. The molecule has 0 aromatic rings. The molecule has 1 atom stereocenters. The maximum atomic E-state index is 6.09. The fraction of sp³-hybridized carbons (Fsp3) is 1.00. The van der Waals surface area contributed by atoms with Gasteiger partial charge in [-0.15, -0.1) is 0 Å². The molecule has 0 aromatic heterocycles. The molecule has 0 bridgehead atoms. The zero-order valence-electron chi connectivity index (χ0n) is 7.81. The third kappa shape index (κ3) is 2.20. The molecule has 0 spiro atoms. The number of nitrogens with one attached hydrogen (secondary N) is 1. The molecule has 1 aliphatic heterocycles. The van der Waals surface area contributed by atoms with Crippen LogP contribution in [0, 0.1) is 0 Å². The molecule has 2 aliphatic rings. The van der Waals surface area contributed by atoms with E-state index in [2.05, 4.69) is 5.32 Å². The molecule has 1 saturated heterocycles. The highest BCUT2D eigenvalue weighted by molar-refractivity contribution is 5.01. The Bertz CT molecular complexity index is 144. The Morgan fingerprint density at radius 3 is 2.83 bits per heavy atom. The van der Waals surface area contributed by atoms with Crippen molar-refractivity contribution in [1.82, 2.24) is 5.32 Å². The summed E-state index contributed by atoms with van der Waals surface area (Å²) in [6.45, 7) is 1.21. The fourth-order valence-electron chi connectivity index (χ4n) is 2.13. The van der Waals surface area contributed by atoms with Crippen LogP contribution in [0.1, 0.15) is 44.9 Å². The average molecular weight is 168 g/mol. The molecule has 2 heteroatoms. The molecule has 70 valence electrons. The van der Waals surface area contributed by atoms with E-state index in [0.29, 0.717) is 0 Å². The molecular formula is C10H20N2. The van der Waals surface area contributed by atoms with Crippen molar-refractivity contribution in [2.24, 2.45) is 5.73 Å². The molecule has 1 aliphatic carbocycles. The molecular weight excluding hydrogens is 148 g/mol. The van der Waals surface area contributed by atoms with Crippen molar-refractivity contribution in [3.63, 3.8) is 0 Å². The lowest BCUT2D eigenvalue weighted by molar-refractivity contribution is 0.425. The lowest BCUT2D eigenvalue weighted by Crippen LogP contribution is -2.36. The largest absolute Gasteiger partial charge is 0.325 e. The second-order valence-corrected chi connectivity index (χ2v) is 4.57. The Morgan fingerprint density at radius 2 is 2.08 bits per heavy atom. The van der Waals surface area contributed by atoms with Gasteiger partial charge in [0.15, 0.2) is 0 Å². The smallest absolute Gasteiger partial charge is 0.0170 e. The molecule has 0 aromatic carbocycles. The third-order valence-corrected chi connectivity index (χ3v) is 3.21. The van der Waals surface area contributed by atoms with Gasteiger partial charge in [0.25, 0.3) is 0 Å². The minimum atomic E-state index is 0.238.